The van der Waals surface area contributed by atoms with Crippen LogP contribution in [-0.2, 0) is 19.5 Å². The first-order valence-corrected chi connectivity index (χ1v) is 7.04. The summed E-state index contributed by atoms with van der Waals surface area (Å²) in [5.74, 6) is 0. The van der Waals surface area contributed by atoms with Crippen molar-refractivity contribution >= 4 is 11.3 Å². The number of rotatable bonds is 2. The van der Waals surface area contributed by atoms with E-state index in [-0.39, 0.29) is 0 Å². The molecular formula is C14H17N3S. The summed E-state index contributed by atoms with van der Waals surface area (Å²) in [6.45, 7) is 2.73. The second-order valence-electron chi connectivity index (χ2n) is 4.78. The Hall–Kier alpha value is -1.23. The zero-order chi connectivity index (χ0) is 12.5. The van der Waals surface area contributed by atoms with Crippen molar-refractivity contribution in [1.29, 1.82) is 0 Å². The molecule has 1 aromatic heterocycles. The molecule has 18 heavy (non-hydrogen) atoms. The Morgan fingerprint density at radius 2 is 2.33 bits per heavy atom. The molecule has 4 heteroatoms. The van der Waals surface area contributed by atoms with Crippen LogP contribution >= 0.6 is 11.3 Å². The highest BCUT2D eigenvalue weighted by Crippen LogP contribution is 2.31. The van der Waals surface area contributed by atoms with Crippen LogP contribution in [0.2, 0.25) is 0 Å². The Balaban J connectivity index is 1.97. The topological polar surface area (TPSA) is 42.2 Å². The maximum absolute atomic E-state index is 5.69. The van der Waals surface area contributed by atoms with Crippen LogP contribution < -0.4 is 5.73 Å². The molecule has 3 rings (SSSR count). The van der Waals surface area contributed by atoms with Crippen molar-refractivity contribution in [2.24, 2.45) is 5.73 Å². The van der Waals surface area contributed by atoms with E-state index >= 15 is 0 Å². The molecule has 0 atom stereocenters. The lowest BCUT2D eigenvalue weighted by atomic mass is 10.1. The lowest BCUT2D eigenvalue weighted by Crippen LogP contribution is -2.25. The van der Waals surface area contributed by atoms with Gasteiger partial charge in [0.05, 0.1) is 5.69 Å². The Morgan fingerprint density at radius 3 is 3.17 bits per heavy atom. The molecule has 1 aliphatic heterocycles. The second kappa shape index (κ2) is 4.80. The summed E-state index contributed by atoms with van der Waals surface area (Å²) in [5.41, 5.74) is 9.33. The van der Waals surface area contributed by atoms with E-state index in [2.05, 4.69) is 36.2 Å². The minimum Gasteiger partial charge on any atom is -0.326 e. The molecule has 0 amide bonds. The Labute approximate surface area is 111 Å². The summed E-state index contributed by atoms with van der Waals surface area (Å²) in [7, 11) is 2.16. The van der Waals surface area contributed by atoms with Gasteiger partial charge in [0, 0.05) is 36.5 Å². The van der Waals surface area contributed by atoms with Gasteiger partial charge in [0.15, 0.2) is 0 Å². The third-order valence-corrected chi connectivity index (χ3v) is 4.46. The van der Waals surface area contributed by atoms with Crippen LogP contribution in [0.5, 0.6) is 0 Å². The quantitative estimate of drug-likeness (QED) is 0.899. The zero-order valence-corrected chi connectivity index (χ0v) is 11.3. The number of nitrogens with zero attached hydrogens (tertiary/aromatic N) is 2. The lowest BCUT2D eigenvalue weighted by molar-refractivity contribution is 0.314. The van der Waals surface area contributed by atoms with Crippen LogP contribution in [0.3, 0.4) is 0 Å². The molecule has 2 aromatic rings. The fraction of sp³-hybridized carbons (Fsp3) is 0.357. The summed E-state index contributed by atoms with van der Waals surface area (Å²) in [5, 5.41) is 1.13. The molecule has 0 aliphatic carbocycles. The van der Waals surface area contributed by atoms with Gasteiger partial charge in [-0.2, -0.15) is 0 Å². The smallest absolute Gasteiger partial charge is 0.123 e. The predicted molar refractivity (Wildman–Crippen MR) is 75.5 cm³/mol. The predicted octanol–water partition coefficient (Wildman–Crippen LogP) is 2.26. The average molecular weight is 259 g/mol. The van der Waals surface area contributed by atoms with Gasteiger partial charge in [-0.1, -0.05) is 18.2 Å². The molecule has 0 spiro atoms. The molecular weight excluding hydrogens is 242 g/mol. The van der Waals surface area contributed by atoms with Gasteiger partial charge in [0.2, 0.25) is 0 Å². The molecule has 3 nitrogen and oxygen atoms in total. The van der Waals surface area contributed by atoms with E-state index in [9.17, 15) is 0 Å². The van der Waals surface area contributed by atoms with Gasteiger partial charge < -0.3 is 10.6 Å². The number of hydrogen-bond donors (Lipinski definition) is 1. The van der Waals surface area contributed by atoms with E-state index in [0.717, 1.165) is 30.1 Å². The molecule has 94 valence electrons. The normalized spacial score (nSPS) is 15.7. The van der Waals surface area contributed by atoms with Gasteiger partial charge in [0.1, 0.15) is 5.01 Å². The molecule has 2 heterocycles. The first-order chi connectivity index (χ1) is 8.76. The van der Waals surface area contributed by atoms with Crippen molar-refractivity contribution in [2.45, 2.75) is 19.5 Å². The van der Waals surface area contributed by atoms with E-state index < -0.39 is 0 Å². The van der Waals surface area contributed by atoms with Crippen molar-refractivity contribution in [3.63, 3.8) is 0 Å². The van der Waals surface area contributed by atoms with Gasteiger partial charge >= 0.3 is 0 Å². The molecule has 2 N–H and O–H groups in total. The molecule has 0 radical (unpaired) electrons. The number of benzene rings is 1. The molecule has 0 saturated carbocycles. The Bertz CT molecular complexity index is 562. The highest BCUT2D eigenvalue weighted by atomic mass is 32.1. The van der Waals surface area contributed by atoms with Gasteiger partial charge in [-0.25, -0.2) is 4.98 Å². The summed E-state index contributed by atoms with van der Waals surface area (Å²) in [4.78, 5) is 8.54. The zero-order valence-electron chi connectivity index (χ0n) is 10.5. The van der Waals surface area contributed by atoms with Crippen molar-refractivity contribution in [2.75, 3.05) is 13.6 Å². The van der Waals surface area contributed by atoms with Crippen molar-refractivity contribution in [3.8, 4) is 10.6 Å². The van der Waals surface area contributed by atoms with Crippen LogP contribution in [0, 0.1) is 0 Å². The summed E-state index contributed by atoms with van der Waals surface area (Å²) < 4.78 is 0. The number of thiazole rings is 1. The molecule has 1 aliphatic rings. The highest BCUT2D eigenvalue weighted by Gasteiger charge is 2.18. The van der Waals surface area contributed by atoms with Crippen LogP contribution in [0.4, 0.5) is 0 Å². The molecule has 0 unspecified atom stereocenters. The summed E-state index contributed by atoms with van der Waals surface area (Å²) >= 11 is 1.82. The number of hydrogen-bond acceptors (Lipinski definition) is 4. The van der Waals surface area contributed by atoms with Crippen LogP contribution in [0.25, 0.3) is 10.6 Å². The second-order valence-corrected chi connectivity index (χ2v) is 5.86. The molecule has 0 bridgehead atoms. The lowest BCUT2D eigenvalue weighted by Gasteiger charge is -2.20. The molecule has 0 saturated heterocycles. The number of likely N-dealkylation sites (N-methyl/N-ethyl adjacent to an activating group) is 1. The van der Waals surface area contributed by atoms with Crippen LogP contribution in [0.1, 0.15) is 16.1 Å². The summed E-state index contributed by atoms with van der Waals surface area (Å²) in [6, 6.07) is 8.38. The van der Waals surface area contributed by atoms with E-state index in [1.807, 2.05) is 11.3 Å². The maximum Gasteiger partial charge on any atom is 0.123 e. The van der Waals surface area contributed by atoms with Crippen molar-refractivity contribution in [1.82, 2.24) is 9.88 Å². The fourth-order valence-electron chi connectivity index (χ4n) is 2.28. The van der Waals surface area contributed by atoms with E-state index in [4.69, 9.17) is 10.7 Å². The number of nitrogens with two attached hydrogens (primary N) is 1. The average Bonchev–Trinajstić information content (AvgIpc) is 2.81. The first kappa shape index (κ1) is 11.8. The SMILES string of the molecule is CN1CCc2nc(-c3cccc(CN)c3)sc2C1. The van der Waals surface area contributed by atoms with Crippen molar-refractivity contribution in [3.05, 3.63) is 40.4 Å². The minimum absolute atomic E-state index is 0.585. The summed E-state index contributed by atoms with van der Waals surface area (Å²) in [6.07, 6.45) is 1.07. The van der Waals surface area contributed by atoms with E-state index in [1.54, 1.807) is 0 Å². The standard InChI is InChI=1S/C14H17N3S/c1-17-6-5-12-13(9-17)18-14(16-12)11-4-2-3-10(7-11)8-15/h2-4,7H,5-6,8-9,15H2,1H3. The van der Waals surface area contributed by atoms with Crippen LogP contribution in [-0.4, -0.2) is 23.5 Å². The largest absolute Gasteiger partial charge is 0.326 e. The monoisotopic (exact) mass is 259 g/mol. The van der Waals surface area contributed by atoms with Gasteiger partial charge in [0.25, 0.3) is 0 Å². The van der Waals surface area contributed by atoms with Gasteiger partial charge in [-0.05, 0) is 18.7 Å². The molecule has 0 fully saturated rings. The maximum atomic E-state index is 5.69. The van der Waals surface area contributed by atoms with E-state index in [1.165, 1.54) is 16.1 Å². The number of aromatic nitrogens is 1. The van der Waals surface area contributed by atoms with E-state index in [0.29, 0.717) is 6.54 Å². The molecule has 1 aromatic carbocycles. The fourth-order valence-corrected chi connectivity index (χ4v) is 3.46. The van der Waals surface area contributed by atoms with Gasteiger partial charge in [-0.15, -0.1) is 11.3 Å². The third-order valence-electron chi connectivity index (χ3n) is 3.33. The third kappa shape index (κ3) is 2.19. The van der Waals surface area contributed by atoms with Crippen molar-refractivity contribution < 1.29 is 0 Å². The van der Waals surface area contributed by atoms with Crippen LogP contribution in [0.15, 0.2) is 24.3 Å². The Kier molecular flexibility index (Phi) is 3.16. The first-order valence-electron chi connectivity index (χ1n) is 6.23. The van der Waals surface area contributed by atoms with Gasteiger partial charge in [-0.3, -0.25) is 0 Å². The minimum atomic E-state index is 0.585. The Morgan fingerprint density at radius 1 is 1.44 bits per heavy atom. The number of fused-ring (bicyclic) bond motifs is 1. The highest BCUT2D eigenvalue weighted by molar-refractivity contribution is 7.15.